The second kappa shape index (κ2) is 8.65. The molecular weight excluding hydrogens is 416 g/mol. The van der Waals surface area contributed by atoms with Crippen LogP contribution in [0.3, 0.4) is 0 Å². The Bertz CT molecular complexity index is 1170. The van der Waals surface area contributed by atoms with Crippen molar-refractivity contribution in [1.82, 2.24) is 15.1 Å². The lowest BCUT2D eigenvalue weighted by Crippen LogP contribution is -2.33. The van der Waals surface area contributed by atoms with Crippen molar-refractivity contribution >= 4 is 29.2 Å². The van der Waals surface area contributed by atoms with E-state index in [1.165, 1.54) is 13.3 Å². The first-order chi connectivity index (χ1) is 15.0. The lowest BCUT2D eigenvalue weighted by atomic mass is 9.80. The lowest BCUT2D eigenvalue weighted by Gasteiger charge is -2.31. The monoisotopic (exact) mass is 436 g/mol. The Morgan fingerprint density at radius 1 is 1.23 bits per heavy atom. The highest BCUT2D eigenvalue weighted by molar-refractivity contribution is 6.31. The summed E-state index contributed by atoms with van der Waals surface area (Å²) in [4.78, 5) is 25.3. The van der Waals surface area contributed by atoms with Gasteiger partial charge in [0.25, 0.3) is 5.91 Å². The maximum atomic E-state index is 12.7. The van der Waals surface area contributed by atoms with Crippen LogP contribution in [0.25, 0.3) is 0 Å². The molecular formula is C23H21ClN4O3. The van der Waals surface area contributed by atoms with Gasteiger partial charge in [0, 0.05) is 36.4 Å². The molecule has 0 saturated heterocycles. The number of hydrogen-bond donors (Lipinski definition) is 2. The number of aryl methyl sites for hydroxylation is 1. The van der Waals surface area contributed by atoms with Crippen molar-refractivity contribution in [1.29, 1.82) is 0 Å². The Hall–Kier alpha value is -3.58. The summed E-state index contributed by atoms with van der Waals surface area (Å²) in [5.41, 5.74) is 4.09. The summed E-state index contributed by atoms with van der Waals surface area (Å²) in [6, 6.07) is 15.3. The minimum absolute atomic E-state index is 0.146. The molecule has 2 heterocycles. The number of amides is 1. The number of halogens is 1. The fraction of sp³-hybridized carbons (Fsp3) is 0.174. The maximum absolute atomic E-state index is 12.7. The molecule has 1 amide bonds. The van der Waals surface area contributed by atoms with Crippen LogP contribution in [0.2, 0.25) is 5.02 Å². The molecule has 2 N–H and O–H groups in total. The Balaban J connectivity index is 1.78. The molecule has 4 rings (SSSR count). The van der Waals surface area contributed by atoms with Gasteiger partial charge in [-0.1, -0.05) is 48.0 Å². The number of aromatic nitrogens is 2. The molecule has 0 aliphatic carbocycles. The molecule has 0 spiro atoms. The smallest absolute Gasteiger partial charge is 0.354 e. The fourth-order valence-electron chi connectivity index (χ4n) is 3.75. The van der Waals surface area contributed by atoms with Crippen LogP contribution in [-0.2, 0) is 16.6 Å². The van der Waals surface area contributed by atoms with Crippen LogP contribution >= 0.6 is 11.6 Å². The maximum Gasteiger partial charge on any atom is 0.354 e. The van der Waals surface area contributed by atoms with Gasteiger partial charge < -0.3 is 15.4 Å². The van der Waals surface area contributed by atoms with Crippen molar-refractivity contribution in [2.75, 3.05) is 19.0 Å². The molecule has 2 aromatic carbocycles. The minimum Gasteiger partial charge on any atom is -0.464 e. The SMILES string of the molecule is COC(=O)C1=C(CNC(=O)c2cnn(C)c2)C(c2ccccc2)c2ccc(Cl)cc2N1. The van der Waals surface area contributed by atoms with Crippen molar-refractivity contribution in [3.8, 4) is 0 Å². The average molecular weight is 437 g/mol. The normalized spacial score (nSPS) is 15.1. The van der Waals surface area contributed by atoms with Crippen molar-refractivity contribution in [3.05, 3.63) is 93.9 Å². The molecule has 3 aromatic rings. The van der Waals surface area contributed by atoms with Gasteiger partial charge in [-0.2, -0.15) is 5.10 Å². The van der Waals surface area contributed by atoms with Crippen molar-refractivity contribution in [2.45, 2.75) is 5.92 Å². The number of anilines is 1. The van der Waals surface area contributed by atoms with Crippen LogP contribution in [-0.4, -0.2) is 35.3 Å². The van der Waals surface area contributed by atoms with Crippen LogP contribution in [0.1, 0.15) is 27.4 Å². The van der Waals surface area contributed by atoms with Crippen LogP contribution in [0.4, 0.5) is 5.69 Å². The molecule has 1 atom stereocenters. The van der Waals surface area contributed by atoms with Crippen molar-refractivity contribution in [3.63, 3.8) is 0 Å². The number of nitrogens with zero attached hydrogens (tertiary/aromatic N) is 2. The Morgan fingerprint density at radius 3 is 2.68 bits per heavy atom. The number of rotatable bonds is 5. The zero-order valence-corrected chi connectivity index (χ0v) is 17.8. The van der Waals surface area contributed by atoms with Crippen LogP contribution in [0, 0.1) is 0 Å². The molecule has 0 fully saturated rings. The van der Waals surface area contributed by atoms with Crippen molar-refractivity contribution in [2.24, 2.45) is 7.05 Å². The number of esters is 1. The van der Waals surface area contributed by atoms with Gasteiger partial charge in [-0.25, -0.2) is 4.79 Å². The topological polar surface area (TPSA) is 85.2 Å². The fourth-order valence-corrected chi connectivity index (χ4v) is 3.92. The Kier molecular flexibility index (Phi) is 5.77. The molecule has 8 heteroatoms. The zero-order chi connectivity index (χ0) is 22.0. The van der Waals surface area contributed by atoms with E-state index in [1.54, 1.807) is 24.0 Å². The summed E-state index contributed by atoms with van der Waals surface area (Å²) in [7, 11) is 3.07. The van der Waals surface area contributed by atoms with Gasteiger partial charge >= 0.3 is 5.97 Å². The van der Waals surface area contributed by atoms with E-state index >= 15 is 0 Å². The van der Waals surface area contributed by atoms with Gasteiger partial charge in [0.2, 0.25) is 0 Å². The number of fused-ring (bicyclic) bond motifs is 1. The molecule has 158 valence electrons. The van der Waals surface area contributed by atoms with Gasteiger partial charge in [-0.3, -0.25) is 9.48 Å². The van der Waals surface area contributed by atoms with Gasteiger partial charge in [0.15, 0.2) is 0 Å². The number of carbonyl (C=O) groups is 2. The van der Waals surface area contributed by atoms with E-state index in [4.69, 9.17) is 16.3 Å². The second-order valence-corrected chi connectivity index (χ2v) is 7.61. The summed E-state index contributed by atoms with van der Waals surface area (Å²) in [6.45, 7) is 0.146. The largest absolute Gasteiger partial charge is 0.464 e. The highest BCUT2D eigenvalue weighted by atomic mass is 35.5. The number of nitrogens with one attached hydrogen (secondary N) is 2. The highest BCUT2D eigenvalue weighted by Gasteiger charge is 2.33. The Morgan fingerprint density at radius 2 is 2.00 bits per heavy atom. The third-order valence-electron chi connectivity index (χ3n) is 5.18. The van der Waals surface area contributed by atoms with E-state index in [-0.39, 0.29) is 24.1 Å². The third-order valence-corrected chi connectivity index (χ3v) is 5.42. The standard InChI is InChI=1S/C23H21ClN4O3/c1-28-13-15(11-26-28)22(29)25-12-18-20(14-6-4-3-5-7-14)17-9-8-16(24)10-19(17)27-21(18)23(30)31-2/h3-11,13,20,27H,12H2,1-2H3,(H,25,29). The molecule has 0 saturated carbocycles. The lowest BCUT2D eigenvalue weighted by molar-refractivity contribution is -0.136. The number of carbonyl (C=O) groups excluding carboxylic acids is 2. The third kappa shape index (κ3) is 4.18. The molecule has 1 aliphatic rings. The van der Waals surface area contributed by atoms with E-state index in [9.17, 15) is 9.59 Å². The van der Waals surface area contributed by atoms with E-state index in [1.807, 2.05) is 42.5 Å². The minimum atomic E-state index is -0.516. The summed E-state index contributed by atoms with van der Waals surface area (Å²) in [5, 5.41) is 10.7. The number of methoxy groups -OCH3 is 1. The van der Waals surface area contributed by atoms with Gasteiger partial charge in [0.1, 0.15) is 5.70 Å². The molecule has 0 radical (unpaired) electrons. The van der Waals surface area contributed by atoms with E-state index in [0.717, 1.165) is 16.8 Å². The summed E-state index contributed by atoms with van der Waals surface area (Å²) in [5.74, 6) is -1.06. The second-order valence-electron chi connectivity index (χ2n) is 7.18. The van der Waals surface area contributed by atoms with E-state index in [2.05, 4.69) is 15.7 Å². The summed E-state index contributed by atoms with van der Waals surface area (Å²) >= 11 is 6.20. The first-order valence-corrected chi connectivity index (χ1v) is 10.1. The molecule has 7 nitrogen and oxygen atoms in total. The molecule has 1 aromatic heterocycles. The number of hydrogen-bond acceptors (Lipinski definition) is 5. The van der Waals surface area contributed by atoms with Gasteiger partial charge in [0.05, 0.1) is 18.9 Å². The molecule has 1 aliphatic heterocycles. The van der Waals surface area contributed by atoms with Crippen molar-refractivity contribution < 1.29 is 14.3 Å². The van der Waals surface area contributed by atoms with E-state index < -0.39 is 5.97 Å². The molecule has 0 bridgehead atoms. The van der Waals surface area contributed by atoms with Crippen LogP contribution in [0.15, 0.2) is 72.2 Å². The van der Waals surface area contributed by atoms with Crippen LogP contribution in [0.5, 0.6) is 0 Å². The molecule has 1 unspecified atom stereocenters. The summed E-state index contributed by atoms with van der Waals surface area (Å²) < 4.78 is 6.58. The van der Waals surface area contributed by atoms with Gasteiger partial charge in [-0.15, -0.1) is 0 Å². The first kappa shape index (κ1) is 20.7. The van der Waals surface area contributed by atoms with Crippen LogP contribution < -0.4 is 10.6 Å². The number of ether oxygens (including phenoxy) is 1. The number of benzene rings is 2. The zero-order valence-electron chi connectivity index (χ0n) is 17.1. The quantitative estimate of drug-likeness (QED) is 0.598. The first-order valence-electron chi connectivity index (χ1n) is 9.67. The average Bonchev–Trinajstić information content (AvgIpc) is 3.22. The Labute approximate surface area is 184 Å². The molecule has 31 heavy (non-hydrogen) atoms. The highest BCUT2D eigenvalue weighted by Crippen LogP contribution is 2.42. The van der Waals surface area contributed by atoms with Gasteiger partial charge in [-0.05, 0) is 28.8 Å². The summed E-state index contributed by atoms with van der Waals surface area (Å²) in [6.07, 6.45) is 3.13. The predicted octanol–water partition coefficient (Wildman–Crippen LogP) is 3.49. The predicted molar refractivity (Wildman–Crippen MR) is 118 cm³/mol. The van der Waals surface area contributed by atoms with E-state index in [0.29, 0.717) is 16.2 Å².